The maximum absolute atomic E-state index is 13.9. The third-order valence-electron chi connectivity index (χ3n) is 3.63. The number of nitrogens with zero attached hydrogens (tertiary/aromatic N) is 2. The van der Waals surface area contributed by atoms with Gasteiger partial charge in [-0.05, 0) is 37.6 Å². The van der Waals surface area contributed by atoms with Gasteiger partial charge in [0.1, 0.15) is 11.6 Å². The molecule has 26 heavy (non-hydrogen) atoms. The Morgan fingerprint density at radius 1 is 1.19 bits per heavy atom. The molecule has 0 aliphatic carbocycles. The Morgan fingerprint density at radius 3 is 2.46 bits per heavy atom. The number of halogens is 3. The van der Waals surface area contributed by atoms with Gasteiger partial charge in [0.25, 0.3) is 0 Å². The fraction of sp³-hybridized carbons (Fsp3) is 0.263. The first-order valence-corrected chi connectivity index (χ1v) is 8.02. The van der Waals surface area contributed by atoms with Crippen molar-refractivity contribution in [2.45, 2.75) is 26.4 Å². The van der Waals surface area contributed by atoms with E-state index in [-0.39, 0.29) is 30.0 Å². The van der Waals surface area contributed by atoms with Crippen molar-refractivity contribution in [1.82, 2.24) is 10.6 Å². The predicted molar refractivity (Wildman–Crippen MR) is 109 cm³/mol. The summed E-state index contributed by atoms with van der Waals surface area (Å²) in [6.45, 7) is 4.78. The fourth-order valence-corrected chi connectivity index (χ4v) is 2.31. The van der Waals surface area contributed by atoms with Crippen molar-refractivity contribution < 1.29 is 8.78 Å². The molecule has 2 rings (SSSR count). The van der Waals surface area contributed by atoms with Gasteiger partial charge in [0, 0.05) is 18.2 Å². The lowest BCUT2D eigenvalue weighted by molar-refractivity contribution is 0.551. The molecule has 0 spiro atoms. The van der Waals surface area contributed by atoms with Crippen LogP contribution in [0.1, 0.15) is 36.6 Å². The van der Waals surface area contributed by atoms with E-state index in [0.29, 0.717) is 30.2 Å². The largest absolute Gasteiger partial charge is 0.357 e. The van der Waals surface area contributed by atoms with E-state index in [9.17, 15) is 8.78 Å². The molecule has 0 bridgehead atoms. The van der Waals surface area contributed by atoms with E-state index in [0.717, 1.165) is 11.6 Å². The minimum Gasteiger partial charge on any atom is -0.357 e. The molecule has 7 heteroatoms. The lowest BCUT2D eigenvalue weighted by Gasteiger charge is -2.18. The van der Waals surface area contributed by atoms with Gasteiger partial charge in [0.2, 0.25) is 0 Å². The maximum Gasteiger partial charge on any atom is 0.192 e. The maximum atomic E-state index is 13.9. The SMILES string of the molecule is CCNC(=NCc1ccc(C#N)cc1)NC(C)c1ccc(F)cc1F.I. The number of rotatable bonds is 5. The van der Waals surface area contributed by atoms with Gasteiger partial charge in [-0.2, -0.15) is 5.26 Å². The van der Waals surface area contributed by atoms with Crippen LogP contribution in [0.4, 0.5) is 8.78 Å². The molecule has 1 atom stereocenters. The molecule has 0 amide bonds. The standard InChI is InChI=1S/C19H20F2N4.HI/c1-3-23-19(24-12-15-6-4-14(11-22)5-7-15)25-13(2)17-9-8-16(20)10-18(17)21;/h4-10,13H,3,12H2,1-2H3,(H2,23,24,25);1H. The second-order valence-electron chi connectivity index (χ2n) is 5.54. The molecule has 0 radical (unpaired) electrons. The summed E-state index contributed by atoms with van der Waals surface area (Å²) in [5.41, 5.74) is 1.92. The van der Waals surface area contributed by atoms with Gasteiger partial charge in [-0.15, -0.1) is 24.0 Å². The zero-order valence-corrected chi connectivity index (χ0v) is 16.9. The minimum absolute atomic E-state index is 0. The number of guanidine groups is 1. The number of hydrogen-bond donors (Lipinski definition) is 2. The molecule has 0 heterocycles. The minimum atomic E-state index is -0.602. The van der Waals surface area contributed by atoms with Gasteiger partial charge in [-0.1, -0.05) is 18.2 Å². The second-order valence-corrected chi connectivity index (χ2v) is 5.54. The van der Waals surface area contributed by atoms with Crippen LogP contribution in [0.15, 0.2) is 47.5 Å². The van der Waals surface area contributed by atoms with Crippen LogP contribution in [0.5, 0.6) is 0 Å². The van der Waals surface area contributed by atoms with E-state index < -0.39 is 11.6 Å². The summed E-state index contributed by atoms with van der Waals surface area (Å²) in [7, 11) is 0. The van der Waals surface area contributed by atoms with Gasteiger partial charge in [0.05, 0.1) is 24.2 Å². The molecule has 0 aliphatic heterocycles. The molecule has 2 N–H and O–H groups in total. The highest BCUT2D eigenvalue weighted by atomic mass is 127. The number of nitrogens with one attached hydrogen (secondary N) is 2. The molecule has 0 saturated carbocycles. The first-order valence-electron chi connectivity index (χ1n) is 8.02. The monoisotopic (exact) mass is 470 g/mol. The average molecular weight is 470 g/mol. The summed E-state index contributed by atoms with van der Waals surface area (Å²) in [4.78, 5) is 4.47. The van der Waals surface area contributed by atoms with Crippen molar-refractivity contribution in [3.05, 3.63) is 70.8 Å². The summed E-state index contributed by atoms with van der Waals surface area (Å²) < 4.78 is 26.9. The summed E-state index contributed by atoms with van der Waals surface area (Å²) in [6, 6.07) is 12.4. The number of nitriles is 1. The summed E-state index contributed by atoms with van der Waals surface area (Å²) >= 11 is 0. The van der Waals surface area contributed by atoms with Gasteiger partial charge >= 0.3 is 0 Å². The zero-order valence-electron chi connectivity index (χ0n) is 14.6. The van der Waals surface area contributed by atoms with Crippen molar-refractivity contribution in [3.8, 4) is 6.07 Å². The van der Waals surface area contributed by atoms with Gasteiger partial charge in [0.15, 0.2) is 5.96 Å². The van der Waals surface area contributed by atoms with Crippen LogP contribution in [0, 0.1) is 23.0 Å². The Morgan fingerprint density at radius 2 is 1.88 bits per heavy atom. The molecular weight excluding hydrogens is 449 g/mol. The van der Waals surface area contributed by atoms with E-state index in [1.807, 2.05) is 19.1 Å². The number of aliphatic imine (C=N–C) groups is 1. The highest BCUT2D eigenvalue weighted by Gasteiger charge is 2.13. The summed E-state index contributed by atoms with van der Waals surface area (Å²) in [5, 5.41) is 15.0. The first-order chi connectivity index (χ1) is 12.0. The summed E-state index contributed by atoms with van der Waals surface area (Å²) in [6.07, 6.45) is 0. The van der Waals surface area contributed by atoms with E-state index in [1.165, 1.54) is 12.1 Å². The Hall–Kier alpha value is -2.21. The van der Waals surface area contributed by atoms with Gasteiger partial charge < -0.3 is 10.6 Å². The molecule has 0 saturated heterocycles. The Bertz CT molecular complexity index is 785. The van der Waals surface area contributed by atoms with Crippen molar-refractivity contribution >= 4 is 29.9 Å². The lowest BCUT2D eigenvalue weighted by Crippen LogP contribution is -2.39. The molecule has 0 aliphatic rings. The highest BCUT2D eigenvalue weighted by molar-refractivity contribution is 14.0. The quantitative estimate of drug-likeness (QED) is 0.390. The molecule has 4 nitrogen and oxygen atoms in total. The summed E-state index contributed by atoms with van der Waals surface area (Å²) in [5.74, 6) is -0.666. The fourth-order valence-electron chi connectivity index (χ4n) is 2.31. The molecule has 0 aromatic heterocycles. The van der Waals surface area contributed by atoms with Crippen LogP contribution in [0.25, 0.3) is 0 Å². The molecular formula is C19H21F2IN4. The van der Waals surface area contributed by atoms with E-state index >= 15 is 0 Å². The molecule has 138 valence electrons. The topological polar surface area (TPSA) is 60.2 Å². The van der Waals surface area contributed by atoms with Crippen LogP contribution in [0.2, 0.25) is 0 Å². The highest BCUT2D eigenvalue weighted by Crippen LogP contribution is 2.17. The molecule has 0 fully saturated rings. The van der Waals surface area contributed by atoms with Gasteiger partial charge in [-0.25, -0.2) is 13.8 Å². The molecule has 2 aromatic carbocycles. The van der Waals surface area contributed by atoms with Crippen LogP contribution < -0.4 is 10.6 Å². The van der Waals surface area contributed by atoms with Gasteiger partial charge in [-0.3, -0.25) is 0 Å². The van der Waals surface area contributed by atoms with E-state index in [1.54, 1.807) is 19.1 Å². The first kappa shape index (κ1) is 21.8. The number of hydrogen-bond acceptors (Lipinski definition) is 2. The lowest BCUT2D eigenvalue weighted by atomic mass is 10.1. The Balaban J connectivity index is 0.00000338. The van der Waals surface area contributed by atoms with Crippen LogP contribution in [-0.2, 0) is 6.54 Å². The predicted octanol–water partition coefficient (Wildman–Crippen LogP) is 4.27. The third kappa shape index (κ3) is 6.26. The smallest absolute Gasteiger partial charge is 0.192 e. The van der Waals surface area contributed by atoms with Crippen LogP contribution in [0.3, 0.4) is 0 Å². The molecule has 2 aromatic rings. The Labute approximate surface area is 169 Å². The third-order valence-corrected chi connectivity index (χ3v) is 3.63. The van der Waals surface area contributed by atoms with Crippen molar-refractivity contribution in [2.75, 3.05) is 6.54 Å². The average Bonchev–Trinajstić information content (AvgIpc) is 2.60. The van der Waals surface area contributed by atoms with Crippen molar-refractivity contribution in [3.63, 3.8) is 0 Å². The van der Waals surface area contributed by atoms with E-state index in [4.69, 9.17) is 5.26 Å². The van der Waals surface area contributed by atoms with E-state index in [2.05, 4.69) is 21.7 Å². The van der Waals surface area contributed by atoms with Crippen molar-refractivity contribution in [2.24, 2.45) is 4.99 Å². The normalized spacial score (nSPS) is 11.9. The zero-order chi connectivity index (χ0) is 18.2. The second kappa shape index (κ2) is 10.7. The van der Waals surface area contributed by atoms with Crippen LogP contribution in [-0.4, -0.2) is 12.5 Å². The van der Waals surface area contributed by atoms with Crippen molar-refractivity contribution in [1.29, 1.82) is 5.26 Å². The Kier molecular flexibility index (Phi) is 8.99. The van der Waals surface area contributed by atoms with Crippen LogP contribution >= 0.6 is 24.0 Å². The number of benzene rings is 2. The molecule has 1 unspecified atom stereocenters.